The molecule has 0 aliphatic carbocycles. The van der Waals surface area contributed by atoms with Crippen LogP contribution in [0.1, 0.15) is 11.1 Å². The lowest BCUT2D eigenvalue weighted by Crippen LogP contribution is -2.16. The van der Waals surface area contributed by atoms with Crippen LogP contribution < -0.4 is 15.2 Å². The van der Waals surface area contributed by atoms with Gasteiger partial charge in [-0.15, -0.1) is 0 Å². The number of pyridine rings is 1. The molecule has 0 amide bonds. The Labute approximate surface area is 173 Å². The number of nitrogen functional groups attached to an aromatic ring is 1. The highest BCUT2D eigenvalue weighted by Crippen LogP contribution is 2.36. The Kier molecular flexibility index (Phi) is 5.72. The van der Waals surface area contributed by atoms with Gasteiger partial charge in [-0.2, -0.15) is 13.2 Å². The molecule has 3 N–H and O–H groups in total. The average molecular weight is 460 g/mol. The number of hydrogen-bond donors (Lipinski definition) is 2. The fourth-order valence-electron chi connectivity index (χ4n) is 2.28. The van der Waals surface area contributed by atoms with Crippen molar-refractivity contribution >= 4 is 33.1 Å². The Hall–Kier alpha value is -3.12. The van der Waals surface area contributed by atoms with Crippen molar-refractivity contribution in [1.29, 1.82) is 0 Å². The smallest absolute Gasteiger partial charge is 0.417 e. The van der Waals surface area contributed by atoms with Crippen LogP contribution in [0.3, 0.4) is 0 Å². The Morgan fingerprint density at radius 2 is 1.83 bits per heavy atom. The number of nitrogens with one attached hydrogen (secondary N) is 1. The average Bonchev–Trinajstić information content (AvgIpc) is 2.64. The first-order valence-electron chi connectivity index (χ1n) is 8.07. The number of aryl methyl sites for hydroxylation is 1. The van der Waals surface area contributed by atoms with Gasteiger partial charge in [-0.1, -0.05) is 11.6 Å². The van der Waals surface area contributed by atoms with Crippen LogP contribution in [0.15, 0.2) is 47.8 Å². The molecule has 0 aliphatic heterocycles. The number of rotatable bonds is 5. The molecular weight excluding hydrogens is 447 g/mol. The zero-order valence-electron chi connectivity index (χ0n) is 15.1. The second-order valence-electron chi connectivity index (χ2n) is 5.99. The van der Waals surface area contributed by atoms with Crippen LogP contribution >= 0.6 is 11.6 Å². The van der Waals surface area contributed by atoms with Gasteiger partial charge in [0.05, 0.1) is 27.9 Å². The number of ether oxygens (including phenoxy) is 1. The van der Waals surface area contributed by atoms with Gasteiger partial charge in [0, 0.05) is 6.20 Å². The predicted octanol–water partition coefficient (Wildman–Crippen LogP) is 4.03. The van der Waals surface area contributed by atoms with Crippen LogP contribution in [0, 0.1) is 6.92 Å². The van der Waals surface area contributed by atoms with Crippen molar-refractivity contribution in [2.24, 2.45) is 0 Å². The maximum atomic E-state index is 13.1. The van der Waals surface area contributed by atoms with Gasteiger partial charge in [0.25, 0.3) is 10.0 Å². The molecule has 0 atom stereocenters. The largest absolute Gasteiger partial charge is 0.417 e. The van der Waals surface area contributed by atoms with E-state index in [9.17, 15) is 21.6 Å². The van der Waals surface area contributed by atoms with Crippen molar-refractivity contribution in [2.45, 2.75) is 18.0 Å². The van der Waals surface area contributed by atoms with Crippen molar-refractivity contribution in [3.05, 3.63) is 59.0 Å². The third-order valence-electron chi connectivity index (χ3n) is 3.64. The van der Waals surface area contributed by atoms with Crippen molar-refractivity contribution < 1.29 is 26.3 Å². The summed E-state index contributed by atoms with van der Waals surface area (Å²) >= 11 is 5.55. The Bertz CT molecular complexity index is 1190. The first-order chi connectivity index (χ1) is 14.0. The number of nitrogens with zero attached hydrogens (tertiary/aromatic N) is 3. The normalized spacial score (nSPS) is 11.9. The molecule has 0 bridgehead atoms. The minimum Gasteiger partial charge on any atom is -0.417 e. The first-order valence-corrected chi connectivity index (χ1v) is 9.93. The number of nitrogens with two attached hydrogens (primary N) is 1. The lowest BCUT2D eigenvalue weighted by Gasteiger charge is -2.14. The Morgan fingerprint density at radius 3 is 2.47 bits per heavy atom. The second-order valence-corrected chi connectivity index (χ2v) is 8.08. The van der Waals surface area contributed by atoms with Crippen LogP contribution in [0.25, 0.3) is 0 Å². The van der Waals surface area contributed by atoms with Crippen LogP contribution in [-0.2, 0) is 16.2 Å². The Morgan fingerprint density at radius 1 is 1.10 bits per heavy atom. The minimum absolute atomic E-state index is 0.0214. The van der Waals surface area contributed by atoms with E-state index < -0.39 is 31.7 Å². The fourth-order valence-corrected chi connectivity index (χ4v) is 3.58. The zero-order chi connectivity index (χ0) is 22.1. The highest BCUT2D eigenvalue weighted by atomic mass is 35.5. The first kappa shape index (κ1) is 21.6. The molecule has 30 heavy (non-hydrogen) atoms. The van der Waals surface area contributed by atoms with E-state index in [0.717, 1.165) is 12.1 Å². The van der Waals surface area contributed by atoms with Gasteiger partial charge in [-0.05, 0) is 36.8 Å². The lowest BCUT2D eigenvalue weighted by atomic mass is 10.2. The molecule has 0 saturated heterocycles. The van der Waals surface area contributed by atoms with E-state index in [2.05, 4.69) is 19.7 Å². The zero-order valence-corrected chi connectivity index (χ0v) is 16.7. The predicted molar refractivity (Wildman–Crippen MR) is 103 cm³/mol. The number of halogens is 4. The quantitative estimate of drug-likeness (QED) is 0.591. The standard InChI is InChI=1S/C17H13ClF3N5O3S/c1-9-4-13(16(25-6-9)29-15-8-23-14(22)7-24-15)26-30(27,28)10-2-3-12(18)11(5-10)17(19,20)21/h2-8,26H,1H3,(H2,22,23). The molecule has 0 radical (unpaired) electrons. The summed E-state index contributed by atoms with van der Waals surface area (Å²) in [5.74, 6) is -0.0662. The number of aromatic nitrogens is 3. The number of sulfonamides is 1. The number of hydrogen-bond acceptors (Lipinski definition) is 7. The van der Waals surface area contributed by atoms with Gasteiger partial charge in [0.2, 0.25) is 11.8 Å². The number of benzene rings is 1. The maximum Gasteiger partial charge on any atom is 0.417 e. The third kappa shape index (κ3) is 4.89. The molecular formula is C17H13ClF3N5O3S. The summed E-state index contributed by atoms with van der Waals surface area (Å²) in [5.41, 5.74) is 4.62. The molecule has 8 nitrogen and oxygen atoms in total. The highest BCUT2D eigenvalue weighted by molar-refractivity contribution is 7.92. The van der Waals surface area contributed by atoms with Gasteiger partial charge in [-0.3, -0.25) is 4.72 Å². The SMILES string of the molecule is Cc1cnc(Oc2cnc(N)cn2)c(NS(=O)(=O)c2ccc(Cl)c(C(F)(F)F)c2)c1. The van der Waals surface area contributed by atoms with E-state index >= 15 is 0 Å². The molecule has 0 unspecified atom stereocenters. The molecule has 2 aromatic heterocycles. The summed E-state index contributed by atoms with van der Waals surface area (Å²) in [6.45, 7) is 1.64. The topological polar surface area (TPSA) is 120 Å². The molecule has 0 fully saturated rings. The lowest BCUT2D eigenvalue weighted by molar-refractivity contribution is -0.137. The van der Waals surface area contributed by atoms with E-state index in [0.29, 0.717) is 11.6 Å². The molecule has 0 saturated carbocycles. The third-order valence-corrected chi connectivity index (χ3v) is 5.33. The summed E-state index contributed by atoms with van der Waals surface area (Å²) in [6, 6.07) is 3.65. The van der Waals surface area contributed by atoms with E-state index in [1.54, 1.807) is 6.92 Å². The number of anilines is 2. The minimum atomic E-state index is -4.82. The molecule has 3 aromatic rings. The van der Waals surface area contributed by atoms with Gasteiger partial charge >= 0.3 is 6.18 Å². The highest BCUT2D eigenvalue weighted by Gasteiger charge is 2.34. The monoisotopic (exact) mass is 459 g/mol. The van der Waals surface area contributed by atoms with E-state index in [1.807, 2.05) is 0 Å². The molecule has 3 rings (SSSR count). The molecule has 0 aliphatic rings. The van der Waals surface area contributed by atoms with Gasteiger partial charge in [0.15, 0.2) is 0 Å². The van der Waals surface area contributed by atoms with E-state index in [-0.39, 0.29) is 23.3 Å². The number of alkyl halides is 3. The summed E-state index contributed by atoms with van der Waals surface area (Å²) in [7, 11) is -4.44. The van der Waals surface area contributed by atoms with Gasteiger partial charge < -0.3 is 10.5 Å². The van der Waals surface area contributed by atoms with Crippen LogP contribution in [-0.4, -0.2) is 23.4 Å². The van der Waals surface area contributed by atoms with Gasteiger partial charge in [0.1, 0.15) is 11.5 Å². The second kappa shape index (κ2) is 7.95. The molecule has 0 spiro atoms. The van der Waals surface area contributed by atoms with Crippen molar-refractivity contribution in [3.63, 3.8) is 0 Å². The fraction of sp³-hybridized carbons (Fsp3) is 0.118. The summed E-state index contributed by atoms with van der Waals surface area (Å²) < 4.78 is 72.3. The van der Waals surface area contributed by atoms with Crippen molar-refractivity contribution in [3.8, 4) is 11.8 Å². The maximum absolute atomic E-state index is 13.1. The van der Waals surface area contributed by atoms with Crippen LogP contribution in [0.4, 0.5) is 24.7 Å². The van der Waals surface area contributed by atoms with Crippen molar-refractivity contribution in [2.75, 3.05) is 10.5 Å². The van der Waals surface area contributed by atoms with E-state index in [1.165, 1.54) is 24.7 Å². The van der Waals surface area contributed by atoms with E-state index in [4.69, 9.17) is 22.1 Å². The summed E-state index contributed by atoms with van der Waals surface area (Å²) in [6.07, 6.45) is -0.999. The van der Waals surface area contributed by atoms with Crippen molar-refractivity contribution in [1.82, 2.24) is 15.0 Å². The Balaban J connectivity index is 1.97. The van der Waals surface area contributed by atoms with Crippen LogP contribution in [0.2, 0.25) is 5.02 Å². The van der Waals surface area contributed by atoms with Gasteiger partial charge in [-0.25, -0.2) is 23.4 Å². The summed E-state index contributed by atoms with van der Waals surface area (Å²) in [4.78, 5) is 11.0. The molecule has 13 heteroatoms. The van der Waals surface area contributed by atoms with Crippen LogP contribution in [0.5, 0.6) is 11.8 Å². The molecule has 158 valence electrons. The molecule has 1 aromatic carbocycles. The summed E-state index contributed by atoms with van der Waals surface area (Å²) in [5, 5.41) is -0.621. The molecule has 2 heterocycles.